The fraction of sp³-hybridized carbons (Fsp3) is 0.263. The minimum atomic E-state index is 0.0369. The van der Waals surface area contributed by atoms with Gasteiger partial charge in [-0.3, -0.25) is 4.79 Å². The Morgan fingerprint density at radius 2 is 1.87 bits per heavy atom. The zero-order valence-electron chi connectivity index (χ0n) is 13.3. The lowest BCUT2D eigenvalue weighted by Crippen LogP contribution is -2.26. The van der Waals surface area contributed by atoms with Crippen LogP contribution in [-0.4, -0.2) is 15.9 Å². The van der Waals surface area contributed by atoms with Crippen molar-refractivity contribution < 1.29 is 4.79 Å². The number of nitrogens with zero attached hydrogens (tertiary/aromatic N) is 1. The van der Waals surface area contributed by atoms with E-state index in [0.29, 0.717) is 6.42 Å². The summed E-state index contributed by atoms with van der Waals surface area (Å²) in [5, 5.41) is 3.04. The number of aromatic nitrogens is 2. The van der Waals surface area contributed by atoms with Gasteiger partial charge in [0, 0.05) is 12.8 Å². The molecule has 3 rings (SSSR count). The number of benzene rings is 2. The quantitative estimate of drug-likeness (QED) is 0.728. The fourth-order valence-corrected chi connectivity index (χ4v) is 2.68. The van der Waals surface area contributed by atoms with Crippen molar-refractivity contribution in [2.75, 3.05) is 0 Å². The molecular weight excluding hydrogens is 286 g/mol. The van der Waals surface area contributed by atoms with Crippen molar-refractivity contribution >= 4 is 16.9 Å². The number of imidazole rings is 1. The van der Waals surface area contributed by atoms with E-state index in [-0.39, 0.29) is 11.9 Å². The summed E-state index contributed by atoms with van der Waals surface area (Å²) in [6, 6.07) is 18.0. The molecule has 0 saturated carbocycles. The topological polar surface area (TPSA) is 57.8 Å². The Morgan fingerprint density at radius 3 is 2.65 bits per heavy atom. The van der Waals surface area contributed by atoms with Crippen LogP contribution >= 0.6 is 0 Å². The number of fused-ring (bicyclic) bond motifs is 1. The molecule has 0 saturated heterocycles. The van der Waals surface area contributed by atoms with Crippen molar-refractivity contribution in [3.05, 3.63) is 66.0 Å². The van der Waals surface area contributed by atoms with E-state index in [4.69, 9.17) is 0 Å². The zero-order chi connectivity index (χ0) is 16.1. The summed E-state index contributed by atoms with van der Waals surface area (Å²) in [5.74, 6) is 1.02. The summed E-state index contributed by atoms with van der Waals surface area (Å²) in [5.41, 5.74) is 3.15. The van der Waals surface area contributed by atoms with Crippen molar-refractivity contribution in [3.8, 4) is 0 Å². The molecule has 0 aliphatic carbocycles. The van der Waals surface area contributed by atoms with Gasteiger partial charge in [-0.15, -0.1) is 0 Å². The summed E-state index contributed by atoms with van der Waals surface area (Å²) in [6.45, 7) is 2.01. The van der Waals surface area contributed by atoms with Gasteiger partial charge in [0.15, 0.2) is 0 Å². The number of hydrogen-bond acceptors (Lipinski definition) is 2. The monoisotopic (exact) mass is 307 g/mol. The summed E-state index contributed by atoms with van der Waals surface area (Å²) in [6.07, 6.45) is 2.07. The predicted molar refractivity (Wildman–Crippen MR) is 92.0 cm³/mol. The third kappa shape index (κ3) is 3.97. The summed E-state index contributed by atoms with van der Waals surface area (Å²) >= 11 is 0. The second-order valence-corrected chi connectivity index (χ2v) is 5.75. The highest BCUT2D eigenvalue weighted by Gasteiger charge is 2.09. The molecule has 0 aliphatic rings. The van der Waals surface area contributed by atoms with Crippen molar-refractivity contribution in [2.24, 2.45) is 0 Å². The number of H-pyrrole nitrogens is 1. The van der Waals surface area contributed by atoms with Gasteiger partial charge in [0.2, 0.25) is 5.91 Å². The van der Waals surface area contributed by atoms with Gasteiger partial charge in [0.05, 0.1) is 17.1 Å². The fourth-order valence-electron chi connectivity index (χ4n) is 2.68. The molecule has 0 bridgehead atoms. The molecule has 2 N–H and O–H groups in total. The molecule has 2 aromatic carbocycles. The van der Waals surface area contributed by atoms with Gasteiger partial charge >= 0.3 is 0 Å². The number of rotatable bonds is 6. The van der Waals surface area contributed by atoms with Crippen LogP contribution in [0.3, 0.4) is 0 Å². The molecule has 0 spiro atoms. The molecule has 0 aliphatic heterocycles. The van der Waals surface area contributed by atoms with Crippen molar-refractivity contribution in [2.45, 2.75) is 32.2 Å². The Kier molecular flexibility index (Phi) is 4.71. The first-order valence-electron chi connectivity index (χ1n) is 8.00. The van der Waals surface area contributed by atoms with Gasteiger partial charge in [-0.1, -0.05) is 42.5 Å². The van der Waals surface area contributed by atoms with E-state index >= 15 is 0 Å². The average molecular weight is 307 g/mol. The third-order valence-electron chi connectivity index (χ3n) is 3.93. The van der Waals surface area contributed by atoms with Crippen molar-refractivity contribution in [1.82, 2.24) is 15.3 Å². The van der Waals surface area contributed by atoms with Crippen LogP contribution in [0.4, 0.5) is 0 Å². The summed E-state index contributed by atoms with van der Waals surface area (Å²) in [7, 11) is 0. The molecule has 4 heteroatoms. The number of amides is 1. The van der Waals surface area contributed by atoms with Crippen LogP contribution in [0.15, 0.2) is 54.6 Å². The molecule has 4 nitrogen and oxygen atoms in total. The molecule has 1 amide bonds. The Hall–Kier alpha value is -2.62. The van der Waals surface area contributed by atoms with Gasteiger partial charge in [0.25, 0.3) is 0 Å². The van der Waals surface area contributed by atoms with E-state index in [9.17, 15) is 4.79 Å². The minimum Gasteiger partial charge on any atom is -0.350 e. The molecule has 1 atom stereocenters. The SMILES string of the molecule is C[C@@H](NC(=O)CCCc1nc2ccccc2[nH]1)c1ccccc1. The van der Waals surface area contributed by atoms with Crippen LogP contribution in [0.2, 0.25) is 0 Å². The van der Waals surface area contributed by atoms with E-state index < -0.39 is 0 Å². The van der Waals surface area contributed by atoms with Crippen LogP contribution in [0.25, 0.3) is 11.0 Å². The first-order valence-corrected chi connectivity index (χ1v) is 8.00. The van der Waals surface area contributed by atoms with E-state index in [1.807, 2.05) is 61.5 Å². The standard InChI is InChI=1S/C19H21N3O/c1-14(15-8-3-2-4-9-15)20-19(23)13-7-12-18-21-16-10-5-6-11-17(16)22-18/h2-6,8-11,14H,7,12-13H2,1H3,(H,20,23)(H,21,22)/t14-/m1/s1. The van der Waals surface area contributed by atoms with Crippen molar-refractivity contribution in [1.29, 1.82) is 0 Å². The van der Waals surface area contributed by atoms with Gasteiger partial charge in [-0.05, 0) is 31.0 Å². The lowest BCUT2D eigenvalue weighted by Gasteiger charge is -2.14. The van der Waals surface area contributed by atoms with Crippen LogP contribution < -0.4 is 5.32 Å². The molecule has 23 heavy (non-hydrogen) atoms. The molecule has 118 valence electrons. The summed E-state index contributed by atoms with van der Waals surface area (Å²) in [4.78, 5) is 19.9. The molecule has 3 aromatic rings. The Morgan fingerprint density at radius 1 is 1.13 bits per heavy atom. The highest BCUT2D eigenvalue weighted by molar-refractivity contribution is 5.76. The Labute approximate surface area is 136 Å². The van der Waals surface area contributed by atoms with E-state index in [1.54, 1.807) is 0 Å². The van der Waals surface area contributed by atoms with Gasteiger partial charge < -0.3 is 10.3 Å². The average Bonchev–Trinajstić information content (AvgIpc) is 2.98. The highest BCUT2D eigenvalue weighted by atomic mass is 16.1. The van der Waals surface area contributed by atoms with Crippen LogP contribution in [0.1, 0.15) is 37.2 Å². The molecule has 0 radical (unpaired) electrons. The maximum absolute atomic E-state index is 12.0. The maximum Gasteiger partial charge on any atom is 0.220 e. The molecule has 0 unspecified atom stereocenters. The van der Waals surface area contributed by atoms with E-state index in [2.05, 4.69) is 15.3 Å². The van der Waals surface area contributed by atoms with Crippen LogP contribution in [-0.2, 0) is 11.2 Å². The third-order valence-corrected chi connectivity index (χ3v) is 3.93. The van der Waals surface area contributed by atoms with Crippen LogP contribution in [0, 0.1) is 0 Å². The molecule has 1 heterocycles. The lowest BCUT2D eigenvalue weighted by atomic mass is 10.1. The second kappa shape index (κ2) is 7.09. The number of hydrogen-bond donors (Lipinski definition) is 2. The van der Waals surface area contributed by atoms with E-state index in [1.165, 1.54) is 0 Å². The number of carbonyl (C=O) groups is 1. The highest BCUT2D eigenvalue weighted by Crippen LogP contribution is 2.13. The smallest absolute Gasteiger partial charge is 0.220 e. The zero-order valence-corrected chi connectivity index (χ0v) is 13.3. The largest absolute Gasteiger partial charge is 0.350 e. The normalized spacial score (nSPS) is 12.2. The number of carbonyl (C=O) groups excluding carboxylic acids is 1. The second-order valence-electron chi connectivity index (χ2n) is 5.75. The van der Waals surface area contributed by atoms with Crippen LogP contribution in [0.5, 0.6) is 0 Å². The predicted octanol–water partition coefficient (Wildman–Crippen LogP) is 3.76. The van der Waals surface area contributed by atoms with Gasteiger partial charge in [-0.25, -0.2) is 4.98 Å². The van der Waals surface area contributed by atoms with Gasteiger partial charge in [0.1, 0.15) is 5.82 Å². The first kappa shape index (κ1) is 15.3. The number of aromatic amines is 1. The summed E-state index contributed by atoms with van der Waals surface area (Å²) < 4.78 is 0. The van der Waals surface area contributed by atoms with Gasteiger partial charge in [-0.2, -0.15) is 0 Å². The Balaban J connectivity index is 1.47. The molecule has 1 aromatic heterocycles. The Bertz CT molecular complexity index is 746. The first-order chi connectivity index (χ1) is 11.2. The number of nitrogens with one attached hydrogen (secondary N) is 2. The molecule has 0 fully saturated rings. The molecular formula is C19H21N3O. The minimum absolute atomic E-state index is 0.0369. The van der Waals surface area contributed by atoms with E-state index in [0.717, 1.165) is 35.3 Å². The number of para-hydroxylation sites is 2. The van der Waals surface area contributed by atoms with Crippen molar-refractivity contribution in [3.63, 3.8) is 0 Å². The lowest BCUT2D eigenvalue weighted by molar-refractivity contribution is -0.121. The maximum atomic E-state index is 12.0. The number of aryl methyl sites for hydroxylation is 1.